The maximum Gasteiger partial charge on any atom is 0.231 e. The molecule has 4 heteroatoms. The summed E-state index contributed by atoms with van der Waals surface area (Å²) in [6.07, 6.45) is 0. The lowest BCUT2D eigenvalue weighted by Crippen LogP contribution is -2.01. The van der Waals surface area contributed by atoms with E-state index in [0.717, 1.165) is 27.8 Å². The van der Waals surface area contributed by atoms with Gasteiger partial charge in [0.25, 0.3) is 0 Å². The summed E-state index contributed by atoms with van der Waals surface area (Å²) < 4.78 is 10.8. The van der Waals surface area contributed by atoms with Crippen LogP contribution in [0.25, 0.3) is 0 Å². The highest BCUT2D eigenvalue weighted by Gasteiger charge is 2.16. The Hall–Kier alpha value is -1.87. The van der Waals surface area contributed by atoms with Gasteiger partial charge in [-0.25, -0.2) is 0 Å². The van der Waals surface area contributed by atoms with E-state index in [1.165, 1.54) is 0 Å². The normalized spacial score (nSPS) is 12.5. The fraction of sp³-hybridized carbons (Fsp3) is 0.143. The van der Waals surface area contributed by atoms with Crippen molar-refractivity contribution < 1.29 is 9.47 Å². The van der Waals surface area contributed by atoms with Crippen LogP contribution in [0, 0.1) is 0 Å². The van der Waals surface area contributed by atoms with E-state index in [4.69, 9.17) is 21.1 Å². The molecule has 1 aliphatic heterocycles. The molecule has 2 aromatic carbocycles. The standard InChI is InChI=1S/C14H12ClNO2/c15-11-4-2-5-12(7-11)16-8-10-3-1-6-13-14(10)18-9-17-13/h1-7,16H,8-9H2. The number of rotatable bonds is 3. The summed E-state index contributed by atoms with van der Waals surface area (Å²) in [7, 11) is 0. The third-order valence-corrected chi connectivity index (χ3v) is 3.02. The first-order valence-corrected chi connectivity index (χ1v) is 6.08. The number of anilines is 1. The van der Waals surface area contributed by atoms with E-state index < -0.39 is 0 Å². The highest BCUT2D eigenvalue weighted by atomic mass is 35.5. The molecule has 1 heterocycles. The van der Waals surface area contributed by atoms with Gasteiger partial charge >= 0.3 is 0 Å². The van der Waals surface area contributed by atoms with Crippen molar-refractivity contribution in [3.05, 3.63) is 53.1 Å². The van der Waals surface area contributed by atoms with Gasteiger partial charge in [0, 0.05) is 22.8 Å². The van der Waals surface area contributed by atoms with Crippen LogP contribution in [0.2, 0.25) is 5.02 Å². The maximum absolute atomic E-state index is 5.94. The van der Waals surface area contributed by atoms with E-state index in [0.29, 0.717) is 13.3 Å². The smallest absolute Gasteiger partial charge is 0.231 e. The topological polar surface area (TPSA) is 30.5 Å². The Bertz CT molecular complexity index is 571. The van der Waals surface area contributed by atoms with Crippen LogP contribution >= 0.6 is 11.6 Å². The van der Waals surface area contributed by atoms with Gasteiger partial charge in [-0.2, -0.15) is 0 Å². The minimum absolute atomic E-state index is 0.295. The van der Waals surface area contributed by atoms with Crippen LogP contribution in [-0.2, 0) is 6.54 Å². The van der Waals surface area contributed by atoms with Crippen molar-refractivity contribution in [2.75, 3.05) is 12.1 Å². The molecule has 0 saturated carbocycles. The number of nitrogens with one attached hydrogen (secondary N) is 1. The van der Waals surface area contributed by atoms with E-state index in [1.54, 1.807) is 0 Å². The first kappa shape index (κ1) is 11.2. The van der Waals surface area contributed by atoms with Crippen molar-refractivity contribution >= 4 is 17.3 Å². The first-order chi connectivity index (χ1) is 8.83. The molecule has 0 bridgehead atoms. The van der Waals surface area contributed by atoms with Crippen molar-refractivity contribution in [2.45, 2.75) is 6.54 Å². The fourth-order valence-electron chi connectivity index (χ4n) is 1.93. The molecule has 0 fully saturated rings. The van der Waals surface area contributed by atoms with Gasteiger partial charge in [0.05, 0.1) is 0 Å². The van der Waals surface area contributed by atoms with E-state index in [1.807, 2.05) is 42.5 Å². The summed E-state index contributed by atoms with van der Waals surface area (Å²) >= 11 is 5.94. The van der Waals surface area contributed by atoms with E-state index in [9.17, 15) is 0 Å². The zero-order valence-corrected chi connectivity index (χ0v) is 10.4. The van der Waals surface area contributed by atoms with Crippen molar-refractivity contribution in [1.29, 1.82) is 0 Å². The monoisotopic (exact) mass is 261 g/mol. The Morgan fingerprint density at radius 1 is 1.11 bits per heavy atom. The minimum atomic E-state index is 0.295. The Morgan fingerprint density at radius 3 is 2.89 bits per heavy atom. The van der Waals surface area contributed by atoms with Crippen LogP contribution in [0.4, 0.5) is 5.69 Å². The van der Waals surface area contributed by atoms with Crippen LogP contribution in [0.1, 0.15) is 5.56 Å². The number of benzene rings is 2. The lowest BCUT2D eigenvalue weighted by Gasteiger charge is -2.09. The summed E-state index contributed by atoms with van der Waals surface area (Å²) in [6.45, 7) is 0.969. The predicted molar refractivity (Wildman–Crippen MR) is 71.3 cm³/mol. The summed E-state index contributed by atoms with van der Waals surface area (Å²) in [5.41, 5.74) is 2.06. The Morgan fingerprint density at radius 2 is 2.00 bits per heavy atom. The number of fused-ring (bicyclic) bond motifs is 1. The molecule has 18 heavy (non-hydrogen) atoms. The molecule has 0 amide bonds. The minimum Gasteiger partial charge on any atom is -0.454 e. The quantitative estimate of drug-likeness (QED) is 0.914. The third kappa shape index (κ3) is 2.22. The van der Waals surface area contributed by atoms with Crippen LogP contribution in [0.15, 0.2) is 42.5 Å². The van der Waals surface area contributed by atoms with Gasteiger partial charge in [0.2, 0.25) is 6.79 Å². The molecule has 1 aliphatic rings. The van der Waals surface area contributed by atoms with Gasteiger partial charge in [0.1, 0.15) is 0 Å². The molecule has 0 spiro atoms. The van der Waals surface area contributed by atoms with Crippen LogP contribution in [0.3, 0.4) is 0 Å². The molecular formula is C14H12ClNO2. The molecule has 0 unspecified atom stereocenters. The number of para-hydroxylation sites is 1. The van der Waals surface area contributed by atoms with Crippen LogP contribution in [0.5, 0.6) is 11.5 Å². The van der Waals surface area contributed by atoms with Gasteiger partial charge in [-0.3, -0.25) is 0 Å². The number of halogens is 1. The van der Waals surface area contributed by atoms with Crippen molar-refractivity contribution in [3.63, 3.8) is 0 Å². The molecule has 0 saturated heterocycles. The molecule has 0 radical (unpaired) electrons. The number of hydrogen-bond donors (Lipinski definition) is 1. The average molecular weight is 262 g/mol. The van der Waals surface area contributed by atoms with Gasteiger partial charge in [-0.05, 0) is 24.3 Å². The second-order valence-electron chi connectivity index (χ2n) is 4.01. The van der Waals surface area contributed by atoms with E-state index >= 15 is 0 Å². The molecule has 3 rings (SSSR count). The van der Waals surface area contributed by atoms with Crippen LogP contribution < -0.4 is 14.8 Å². The Kier molecular flexibility index (Phi) is 2.99. The molecule has 0 aliphatic carbocycles. The second-order valence-corrected chi connectivity index (χ2v) is 4.45. The van der Waals surface area contributed by atoms with Crippen LogP contribution in [-0.4, -0.2) is 6.79 Å². The molecule has 2 aromatic rings. The lowest BCUT2D eigenvalue weighted by atomic mass is 10.2. The number of ether oxygens (including phenoxy) is 2. The molecule has 0 aromatic heterocycles. The largest absolute Gasteiger partial charge is 0.454 e. The summed E-state index contributed by atoms with van der Waals surface area (Å²) in [6, 6.07) is 13.5. The van der Waals surface area contributed by atoms with E-state index in [2.05, 4.69) is 5.32 Å². The van der Waals surface area contributed by atoms with Crippen molar-refractivity contribution in [3.8, 4) is 11.5 Å². The Balaban J connectivity index is 1.76. The zero-order valence-electron chi connectivity index (χ0n) is 9.65. The molecule has 3 nitrogen and oxygen atoms in total. The zero-order chi connectivity index (χ0) is 12.4. The Labute approximate surface area is 110 Å². The van der Waals surface area contributed by atoms with Gasteiger partial charge in [0.15, 0.2) is 11.5 Å². The average Bonchev–Trinajstić information content (AvgIpc) is 2.85. The number of hydrogen-bond acceptors (Lipinski definition) is 3. The van der Waals surface area contributed by atoms with Gasteiger partial charge in [-0.15, -0.1) is 0 Å². The maximum atomic E-state index is 5.94. The van der Waals surface area contributed by atoms with Gasteiger partial charge < -0.3 is 14.8 Å². The first-order valence-electron chi connectivity index (χ1n) is 5.70. The molecule has 1 N–H and O–H groups in total. The van der Waals surface area contributed by atoms with Gasteiger partial charge in [-0.1, -0.05) is 29.8 Å². The summed E-state index contributed by atoms with van der Waals surface area (Å²) in [5, 5.41) is 4.03. The predicted octanol–water partition coefficient (Wildman–Crippen LogP) is 3.68. The summed E-state index contributed by atoms with van der Waals surface area (Å²) in [4.78, 5) is 0. The van der Waals surface area contributed by atoms with Crippen molar-refractivity contribution in [1.82, 2.24) is 0 Å². The molecule has 92 valence electrons. The van der Waals surface area contributed by atoms with E-state index in [-0.39, 0.29) is 0 Å². The second kappa shape index (κ2) is 4.78. The molecular weight excluding hydrogens is 250 g/mol. The summed E-state index contributed by atoms with van der Waals surface area (Å²) in [5.74, 6) is 1.63. The fourth-order valence-corrected chi connectivity index (χ4v) is 2.12. The third-order valence-electron chi connectivity index (χ3n) is 2.79. The lowest BCUT2D eigenvalue weighted by molar-refractivity contribution is 0.173. The highest BCUT2D eigenvalue weighted by molar-refractivity contribution is 6.30. The highest BCUT2D eigenvalue weighted by Crippen LogP contribution is 2.35. The van der Waals surface area contributed by atoms with Crippen molar-refractivity contribution in [2.24, 2.45) is 0 Å². The molecule has 0 atom stereocenters. The SMILES string of the molecule is Clc1cccc(NCc2cccc3c2OCO3)c1.